The van der Waals surface area contributed by atoms with Crippen molar-refractivity contribution in [2.75, 3.05) is 19.6 Å². The first-order valence-corrected chi connectivity index (χ1v) is 15.8. The summed E-state index contributed by atoms with van der Waals surface area (Å²) in [6, 6.07) is 12.7. The smallest absolute Gasteiger partial charge is 0.314 e. The molecule has 2 fully saturated rings. The fourth-order valence-electron chi connectivity index (χ4n) is 5.48. The van der Waals surface area contributed by atoms with Crippen molar-refractivity contribution in [1.29, 1.82) is 0 Å². The van der Waals surface area contributed by atoms with Gasteiger partial charge in [0.25, 0.3) is 0 Å². The third-order valence-electron chi connectivity index (χ3n) is 7.95. The van der Waals surface area contributed by atoms with Gasteiger partial charge in [0.2, 0.25) is 0 Å². The molecule has 1 aliphatic heterocycles. The molecular weight excluding hydrogens is 565 g/mol. The minimum Gasteiger partial charge on any atom is -0.453 e. The first kappa shape index (κ1) is 29.2. The zero-order chi connectivity index (χ0) is 29.8. The molecule has 4 heterocycles. The van der Waals surface area contributed by atoms with Crippen LogP contribution in [0.4, 0.5) is 9.18 Å². The van der Waals surface area contributed by atoms with Gasteiger partial charge in [0.15, 0.2) is 11.6 Å². The number of amides is 2. The van der Waals surface area contributed by atoms with Crippen LogP contribution in [0.1, 0.15) is 50.2 Å². The van der Waals surface area contributed by atoms with Crippen LogP contribution in [0.3, 0.4) is 0 Å². The first-order chi connectivity index (χ1) is 20.9. The van der Waals surface area contributed by atoms with Gasteiger partial charge in [-0.25, -0.2) is 9.18 Å². The van der Waals surface area contributed by atoms with E-state index in [0.717, 1.165) is 71.7 Å². The Morgan fingerprint density at radius 1 is 1.02 bits per heavy atom. The van der Waals surface area contributed by atoms with Crippen LogP contribution in [-0.4, -0.2) is 52.4 Å². The van der Waals surface area contributed by atoms with Crippen molar-refractivity contribution in [2.24, 2.45) is 5.92 Å². The van der Waals surface area contributed by atoms with Crippen LogP contribution in [0.5, 0.6) is 11.5 Å². The van der Waals surface area contributed by atoms with Crippen LogP contribution in [0.15, 0.2) is 54.9 Å². The molecule has 10 heteroatoms. The van der Waals surface area contributed by atoms with Gasteiger partial charge in [-0.05, 0) is 73.9 Å². The molecule has 0 spiro atoms. The van der Waals surface area contributed by atoms with Crippen molar-refractivity contribution in [3.8, 4) is 22.1 Å². The van der Waals surface area contributed by atoms with Crippen LogP contribution >= 0.6 is 11.3 Å². The van der Waals surface area contributed by atoms with Gasteiger partial charge in [0, 0.05) is 63.5 Å². The van der Waals surface area contributed by atoms with Gasteiger partial charge in [0.05, 0.1) is 20.8 Å². The Hall–Kier alpha value is -3.89. The number of piperidine rings is 1. The van der Waals surface area contributed by atoms with Gasteiger partial charge >= 0.3 is 6.03 Å². The lowest BCUT2D eigenvalue weighted by Gasteiger charge is -2.32. The molecule has 0 radical (unpaired) electrons. The molecule has 2 N–H and O–H groups in total. The number of benzene rings is 1. The number of Topliss-reactive ketones (excluding diaryl/α,β-unsaturated/α-hetero) is 1. The Balaban J connectivity index is 1.08. The summed E-state index contributed by atoms with van der Waals surface area (Å²) in [5, 5.41) is 5.84. The number of hydrogen-bond donors (Lipinski definition) is 2. The lowest BCUT2D eigenvalue weighted by Crippen LogP contribution is -2.47. The lowest BCUT2D eigenvalue weighted by atomic mass is 10.0. The van der Waals surface area contributed by atoms with Crippen molar-refractivity contribution in [3.05, 3.63) is 71.8 Å². The number of fused-ring (bicyclic) bond motifs is 1. The predicted octanol–water partition coefficient (Wildman–Crippen LogP) is 6.48. The number of aromatic nitrogens is 2. The number of thiophene rings is 1. The van der Waals surface area contributed by atoms with Crippen molar-refractivity contribution >= 4 is 33.4 Å². The molecule has 224 valence electrons. The summed E-state index contributed by atoms with van der Waals surface area (Å²) >= 11 is 1.51. The Morgan fingerprint density at radius 3 is 2.56 bits per heavy atom. The third-order valence-corrected chi connectivity index (χ3v) is 9.11. The summed E-state index contributed by atoms with van der Waals surface area (Å²) in [6.45, 7) is 5.19. The highest BCUT2D eigenvalue weighted by molar-refractivity contribution is 7.22. The van der Waals surface area contributed by atoms with E-state index in [9.17, 15) is 14.0 Å². The molecule has 1 saturated heterocycles. The summed E-state index contributed by atoms with van der Waals surface area (Å²) in [7, 11) is 0. The molecule has 2 aliphatic rings. The highest BCUT2D eigenvalue weighted by Gasteiger charge is 2.24. The molecule has 0 atom stereocenters. The van der Waals surface area contributed by atoms with Crippen molar-refractivity contribution in [1.82, 2.24) is 25.5 Å². The number of ketones is 1. The average Bonchev–Trinajstić information content (AvgIpc) is 3.69. The third kappa shape index (κ3) is 7.55. The van der Waals surface area contributed by atoms with Gasteiger partial charge in [-0.1, -0.05) is 12.1 Å². The van der Waals surface area contributed by atoms with E-state index in [0.29, 0.717) is 30.2 Å². The summed E-state index contributed by atoms with van der Waals surface area (Å²) in [6.07, 6.45) is 8.51. The SMILES string of the molecule is CCNC(=O)NC1CCN(Cc2ccc(-c3cc4nccc(Oc5ccc(CC(=O)CC6CC6)cc5F)c4s3)nc2)CC1. The molecule has 1 aromatic carbocycles. The molecule has 8 nitrogen and oxygen atoms in total. The lowest BCUT2D eigenvalue weighted by molar-refractivity contribution is -0.118. The molecule has 1 saturated carbocycles. The number of halogens is 1. The fourth-order valence-corrected chi connectivity index (χ4v) is 6.52. The van der Waals surface area contributed by atoms with E-state index >= 15 is 0 Å². The first-order valence-electron chi connectivity index (χ1n) is 15.0. The number of nitrogens with zero attached hydrogens (tertiary/aromatic N) is 3. The van der Waals surface area contributed by atoms with E-state index in [1.165, 1.54) is 17.4 Å². The van der Waals surface area contributed by atoms with E-state index in [1.807, 2.05) is 25.3 Å². The fraction of sp³-hybridized carbons (Fsp3) is 0.394. The number of likely N-dealkylation sites (tertiary alicyclic amines) is 1. The second-order valence-electron chi connectivity index (χ2n) is 11.5. The number of carbonyl (C=O) groups excluding carboxylic acids is 2. The Morgan fingerprint density at radius 2 is 1.84 bits per heavy atom. The minimum atomic E-state index is -0.488. The number of urea groups is 1. The molecule has 3 aromatic heterocycles. The second-order valence-corrected chi connectivity index (χ2v) is 12.5. The molecule has 43 heavy (non-hydrogen) atoms. The Labute approximate surface area is 254 Å². The number of nitrogens with one attached hydrogen (secondary N) is 2. The largest absolute Gasteiger partial charge is 0.453 e. The number of rotatable bonds is 11. The molecule has 0 unspecified atom stereocenters. The summed E-state index contributed by atoms with van der Waals surface area (Å²) < 4.78 is 21.8. The number of pyridine rings is 2. The van der Waals surface area contributed by atoms with E-state index in [-0.39, 0.29) is 30.0 Å². The van der Waals surface area contributed by atoms with Gasteiger partial charge in [0.1, 0.15) is 11.5 Å². The van der Waals surface area contributed by atoms with E-state index < -0.39 is 5.82 Å². The van der Waals surface area contributed by atoms with E-state index in [4.69, 9.17) is 9.72 Å². The summed E-state index contributed by atoms with van der Waals surface area (Å²) in [5.41, 5.74) is 3.40. The average molecular weight is 602 g/mol. The van der Waals surface area contributed by atoms with Crippen molar-refractivity contribution < 1.29 is 18.7 Å². The van der Waals surface area contributed by atoms with Gasteiger partial charge < -0.3 is 15.4 Å². The molecule has 6 rings (SSSR count). The second kappa shape index (κ2) is 13.2. The standard InChI is InChI=1S/C33H36FN5O3S/c1-2-35-33(41)38-24-10-13-39(14-11-24)20-23-5-7-27(37-19-23)31-18-28-32(43-31)30(9-12-36-28)42-29-8-6-22(17-26(29)34)16-25(40)15-21-3-4-21/h5-9,12,17-19,21,24H,2-4,10-11,13-16,20H2,1H3,(H2,35,38,41). The molecule has 4 aromatic rings. The highest BCUT2D eigenvalue weighted by atomic mass is 32.1. The maximum absolute atomic E-state index is 15.0. The minimum absolute atomic E-state index is 0.0925. The molecule has 2 amide bonds. The monoisotopic (exact) mass is 601 g/mol. The topological polar surface area (TPSA) is 96.5 Å². The van der Waals surface area contributed by atoms with Gasteiger partial charge in [-0.15, -0.1) is 11.3 Å². The number of ether oxygens (including phenoxy) is 1. The van der Waals surface area contributed by atoms with Crippen LogP contribution in [0.2, 0.25) is 0 Å². The van der Waals surface area contributed by atoms with Crippen LogP contribution in [0, 0.1) is 11.7 Å². The Kier molecular flexibility index (Phi) is 8.95. The quantitative estimate of drug-likeness (QED) is 0.204. The normalized spacial score (nSPS) is 15.9. The molecule has 1 aliphatic carbocycles. The van der Waals surface area contributed by atoms with Crippen molar-refractivity contribution in [3.63, 3.8) is 0 Å². The number of hydrogen-bond acceptors (Lipinski definition) is 7. The maximum atomic E-state index is 15.0. The van der Waals surface area contributed by atoms with Crippen LogP contribution < -0.4 is 15.4 Å². The highest BCUT2D eigenvalue weighted by Crippen LogP contribution is 2.39. The Bertz CT molecular complexity index is 1600. The molecular formula is C33H36FN5O3S. The zero-order valence-electron chi connectivity index (χ0n) is 24.3. The van der Waals surface area contributed by atoms with Crippen LogP contribution in [0.25, 0.3) is 20.8 Å². The summed E-state index contributed by atoms with van der Waals surface area (Å²) in [5.74, 6) is 0.841. The summed E-state index contributed by atoms with van der Waals surface area (Å²) in [4.78, 5) is 36.6. The van der Waals surface area contributed by atoms with Crippen molar-refractivity contribution in [2.45, 2.75) is 58.0 Å². The predicted molar refractivity (Wildman–Crippen MR) is 166 cm³/mol. The maximum Gasteiger partial charge on any atom is 0.314 e. The van der Waals surface area contributed by atoms with E-state index in [2.05, 4.69) is 26.6 Å². The van der Waals surface area contributed by atoms with Gasteiger partial charge in [-0.3, -0.25) is 19.7 Å². The zero-order valence-corrected chi connectivity index (χ0v) is 25.1. The number of carbonyl (C=O) groups is 2. The van der Waals surface area contributed by atoms with E-state index in [1.54, 1.807) is 24.4 Å². The molecule has 0 bridgehead atoms. The van der Waals surface area contributed by atoms with Crippen LogP contribution in [-0.2, 0) is 17.8 Å². The van der Waals surface area contributed by atoms with Gasteiger partial charge in [-0.2, -0.15) is 0 Å².